The highest BCUT2D eigenvalue weighted by molar-refractivity contribution is 7.99. The zero-order valence-corrected chi connectivity index (χ0v) is 18.6. The molecule has 1 aliphatic carbocycles. The molecule has 2 aromatic carbocycles. The monoisotopic (exact) mass is 436 g/mol. The van der Waals surface area contributed by atoms with Gasteiger partial charge in [0.05, 0.1) is 12.9 Å². The van der Waals surface area contributed by atoms with Crippen molar-refractivity contribution in [3.8, 4) is 5.75 Å². The van der Waals surface area contributed by atoms with Crippen molar-refractivity contribution in [1.29, 1.82) is 0 Å². The van der Waals surface area contributed by atoms with Gasteiger partial charge in [0, 0.05) is 18.2 Å². The summed E-state index contributed by atoms with van der Waals surface area (Å²) >= 11 is 1.46. The minimum atomic E-state index is -0.0574. The lowest BCUT2D eigenvalue weighted by Gasteiger charge is -2.25. The molecular formula is C24H28N4O2S. The number of amides is 1. The smallest absolute Gasteiger partial charge is 0.234 e. The van der Waals surface area contributed by atoms with Gasteiger partial charge in [-0.25, -0.2) is 0 Å². The molecule has 0 atom stereocenters. The van der Waals surface area contributed by atoms with Gasteiger partial charge in [0.15, 0.2) is 5.16 Å². The topological polar surface area (TPSA) is 69.0 Å². The Morgan fingerprint density at radius 2 is 1.81 bits per heavy atom. The van der Waals surface area contributed by atoms with Gasteiger partial charge >= 0.3 is 0 Å². The number of hydrogen-bond acceptors (Lipinski definition) is 5. The van der Waals surface area contributed by atoms with E-state index in [0.717, 1.165) is 41.7 Å². The highest BCUT2D eigenvalue weighted by Gasteiger charge is 2.23. The van der Waals surface area contributed by atoms with Gasteiger partial charge in [0.1, 0.15) is 11.6 Å². The summed E-state index contributed by atoms with van der Waals surface area (Å²) in [5.74, 6) is 1.98. The van der Waals surface area contributed by atoms with Gasteiger partial charge < -0.3 is 14.6 Å². The molecule has 0 saturated heterocycles. The predicted molar refractivity (Wildman–Crippen MR) is 124 cm³/mol. The second kappa shape index (κ2) is 10.5. The zero-order valence-electron chi connectivity index (χ0n) is 17.8. The Morgan fingerprint density at radius 1 is 1.06 bits per heavy atom. The second-order valence-electron chi connectivity index (χ2n) is 7.79. The summed E-state index contributed by atoms with van der Waals surface area (Å²) in [6.07, 6.45) is 6.80. The minimum absolute atomic E-state index is 0.0574. The molecule has 0 spiro atoms. The molecule has 1 amide bonds. The van der Waals surface area contributed by atoms with Gasteiger partial charge in [-0.05, 0) is 42.7 Å². The Morgan fingerprint density at radius 3 is 2.52 bits per heavy atom. The van der Waals surface area contributed by atoms with E-state index in [-0.39, 0.29) is 5.91 Å². The molecule has 0 radical (unpaired) electrons. The van der Waals surface area contributed by atoms with Crippen LogP contribution in [-0.4, -0.2) is 33.5 Å². The third-order valence-electron chi connectivity index (χ3n) is 5.59. The fraction of sp³-hybridized carbons (Fsp3) is 0.375. The van der Waals surface area contributed by atoms with E-state index in [1.54, 1.807) is 7.11 Å². The van der Waals surface area contributed by atoms with E-state index in [1.165, 1.54) is 36.6 Å². The highest BCUT2D eigenvalue weighted by Crippen LogP contribution is 2.33. The molecule has 1 saturated carbocycles. The molecule has 0 aliphatic heterocycles. The summed E-state index contributed by atoms with van der Waals surface area (Å²) in [5, 5.41) is 12.8. The lowest BCUT2D eigenvalue weighted by Crippen LogP contribution is -2.18. The fourth-order valence-corrected chi connectivity index (χ4v) is 4.84. The van der Waals surface area contributed by atoms with E-state index in [0.29, 0.717) is 11.8 Å². The van der Waals surface area contributed by atoms with E-state index >= 15 is 0 Å². The average Bonchev–Trinajstić information content (AvgIpc) is 3.22. The Kier molecular flexibility index (Phi) is 7.25. The lowest BCUT2D eigenvalue weighted by molar-refractivity contribution is -0.113. The normalized spacial score (nSPS) is 14.4. The van der Waals surface area contributed by atoms with Crippen molar-refractivity contribution in [2.75, 3.05) is 18.2 Å². The van der Waals surface area contributed by atoms with E-state index in [4.69, 9.17) is 4.74 Å². The number of methoxy groups -OCH3 is 1. The second-order valence-corrected chi connectivity index (χ2v) is 8.73. The summed E-state index contributed by atoms with van der Waals surface area (Å²) in [6, 6.07) is 18.1. The number of benzene rings is 2. The predicted octanol–water partition coefficient (Wildman–Crippen LogP) is 5.11. The van der Waals surface area contributed by atoms with Crippen molar-refractivity contribution in [2.24, 2.45) is 0 Å². The van der Waals surface area contributed by atoms with Crippen molar-refractivity contribution in [3.63, 3.8) is 0 Å². The Labute approximate surface area is 187 Å². The first kappa shape index (κ1) is 21.4. The molecule has 3 aromatic rings. The van der Waals surface area contributed by atoms with Crippen LogP contribution in [0.5, 0.6) is 5.75 Å². The summed E-state index contributed by atoms with van der Waals surface area (Å²) < 4.78 is 7.45. The number of nitrogens with zero attached hydrogens (tertiary/aromatic N) is 3. The van der Waals surface area contributed by atoms with E-state index in [1.807, 2.05) is 30.3 Å². The van der Waals surface area contributed by atoms with Crippen LogP contribution in [0.2, 0.25) is 0 Å². The van der Waals surface area contributed by atoms with Crippen LogP contribution in [-0.2, 0) is 11.2 Å². The van der Waals surface area contributed by atoms with Gasteiger partial charge in [0.2, 0.25) is 5.91 Å². The van der Waals surface area contributed by atoms with Crippen molar-refractivity contribution < 1.29 is 9.53 Å². The van der Waals surface area contributed by atoms with Crippen molar-refractivity contribution >= 4 is 23.4 Å². The highest BCUT2D eigenvalue weighted by atomic mass is 32.2. The van der Waals surface area contributed by atoms with E-state index < -0.39 is 0 Å². The number of nitrogens with one attached hydrogen (secondary N) is 1. The van der Waals surface area contributed by atoms with E-state index in [2.05, 4.69) is 44.3 Å². The Bertz CT molecular complexity index is 983. The van der Waals surface area contributed by atoms with Crippen LogP contribution in [0.3, 0.4) is 0 Å². The molecule has 1 N–H and O–H groups in total. The Hall–Kier alpha value is -2.80. The van der Waals surface area contributed by atoms with Gasteiger partial charge in [-0.2, -0.15) is 0 Å². The first-order valence-electron chi connectivity index (χ1n) is 10.8. The molecular weight excluding hydrogens is 408 g/mol. The molecule has 0 bridgehead atoms. The van der Waals surface area contributed by atoms with Crippen molar-refractivity contribution in [1.82, 2.24) is 14.8 Å². The van der Waals surface area contributed by atoms with Crippen molar-refractivity contribution in [3.05, 3.63) is 66.0 Å². The average molecular weight is 437 g/mol. The first-order valence-corrected chi connectivity index (χ1v) is 11.8. The summed E-state index contributed by atoms with van der Waals surface area (Å²) in [6.45, 7) is 0. The number of carbonyl (C=O) groups is 1. The number of rotatable bonds is 8. The number of aromatic nitrogens is 3. The molecule has 1 fully saturated rings. The third kappa shape index (κ3) is 5.67. The van der Waals surface area contributed by atoms with Crippen LogP contribution in [0.4, 0.5) is 5.69 Å². The van der Waals surface area contributed by atoms with Gasteiger partial charge in [-0.15, -0.1) is 10.2 Å². The zero-order chi connectivity index (χ0) is 21.5. The maximum atomic E-state index is 12.5. The molecule has 1 aromatic heterocycles. The summed E-state index contributed by atoms with van der Waals surface area (Å²) in [5.41, 5.74) is 1.98. The van der Waals surface area contributed by atoms with Crippen LogP contribution in [0.15, 0.2) is 59.8 Å². The minimum Gasteiger partial charge on any atom is -0.497 e. The Balaban J connectivity index is 1.45. The fourth-order valence-electron chi connectivity index (χ4n) is 4.01. The standard InChI is InChI=1S/C24H28N4O2S/c1-30-21-14-12-19(13-15-21)25-23(29)17-31-24-27-26-22(16-18-8-4-2-5-9-18)28(24)20-10-6-3-7-11-20/h2,4-5,8-9,12-15,20H,3,6-7,10-11,16-17H2,1H3,(H,25,29). The number of ether oxygens (including phenoxy) is 1. The van der Waals surface area contributed by atoms with Crippen LogP contribution in [0.1, 0.15) is 49.5 Å². The van der Waals surface area contributed by atoms with Crippen molar-refractivity contribution in [2.45, 2.75) is 49.7 Å². The van der Waals surface area contributed by atoms with Crippen LogP contribution in [0, 0.1) is 0 Å². The number of thioether (sulfide) groups is 1. The molecule has 6 nitrogen and oxygen atoms in total. The van der Waals surface area contributed by atoms with Crippen LogP contribution < -0.4 is 10.1 Å². The van der Waals surface area contributed by atoms with Gasteiger partial charge in [-0.3, -0.25) is 4.79 Å². The van der Waals surface area contributed by atoms with Gasteiger partial charge in [-0.1, -0.05) is 61.4 Å². The first-order chi connectivity index (χ1) is 15.2. The quantitative estimate of drug-likeness (QED) is 0.497. The molecule has 4 rings (SSSR count). The van der Waals surface area contributed by atoms with Gasteiger partial charge in [0.25, 0.3) is 0 Å². The number of hydrogen-bond donors (Lipinski definition) is 1. The maximum Gasteiger partial charge on any atom is 0.234 e. The van der Waals surface area contributed by atoms with Crippen LogP contribution >= 0.6 is 11.8 Å². The number of carbonyl (C=O) groups excluding carboxylic acids is 1. The molecule has 162 valence electrons. The third-order valence-corrected chi connectivity index (χ3v) is 6.53. The SMILES string of the molecule is COc1ccc(NC(=O)CSc2nnc(Cc3ccccc3)n2C2CCCCC2)cc1. The maximum absolute atomic E-state index is 12.5. The van der Waals surface area contributed by atoms with E-state index in [9.17, 15) is 4.79 Å². The molecule has 1 aliphatic rings. The molecule has 1 heterocycles. The summed E-state index contributed by atoms with van der Waals surface area (Å²) in [7, 11) is 1.62. The number of anilines is 1. The molecule has 0 unspecified atom stereocenters. The molecule has 7 heteroatoms. The summed E-state index contributed by atoms with van der Waals surface area (Å²) in [4.78, 5) is 12.5. The van der Waals surface area contributed by atoms with Crippen LogP contribution in [0.25, 0.3) is 0 Å². The largest absolute Gasteiger partial charge is 0.497 e. The molecule has 31 heavy (non-hydrogen) atoms. The lowest BCUT2D eigenvalue weighted by atomic mass is 9.95.